The van der Waals surface area contributed by atoms with Gasteiger partial charge in [0.1, 0.15) is 5.82 Å². The molecule has 0 unspecified atom stereocenters. The second-order valence-electron chi connectivity index (χ2n) is 2.56. The third-order valence-electron chi connectivity index (χ3n) is 1.71. The van der Waals surface area contributed by atoms with E-state index in [1.165, 1.54) is 0 Å². The Morgan fingerprint density at radius 2 is 2.58 bits per heavy atom. The van der Waals surface area contributed by atoms with Crippen molar-refractivity contribution in [3.8, 4) is 0 Å². The molecule has 0 aliphatic carbocycles. The fraction of sp³-hybridized carbons (Fsp3) is 0.667. The van der Waals surface area contributed by atoms with Gasteiger partial charge in [-0.05, 0) is 0 Å². The van der Waals surface area contributed by atoms with Gasteiger partial charge < -0.3 is 10.1 Å². The lowest BCUT2D eigenvalue weighted by atomic mass is 10.3. The Morgan fingerprint density at radius 3 is 3.17 bits per heavy atom. The number of morpholine rings is 1. The van der Waals surface area contributed by atoms with Crippen LogP contribution in [0, 0.1) is 0 Å². The fourth-order valence-corrected chi connectivity index (χ4v) is 1.64. The van der Waals surface area contributed by atoms with Crippen molar-refractivity contribution in [2.75, 3.05) is 19.8 Å². The standard InChI is InChI=1S/C6H9N3O2S/c10-6-8-5(9-12-6)4-3-11-2-1-7-4/h4,7H,1-3H2,(H,8,9,10)/t4-/m0/s1. The molecule has 0 radical (unpaired) electrons. The van der Waals surface area contributed by atoms with Crippen LogP contribution in [0.15, 0.2) is 4.79 Å². The first kappa shape index (κ1) is 7.90. The average molecular weight is 187 g/mol. The number of aromatic nitrogens is 2. The molecule has 66 valence electrons. The monoisotopic (exact) mass is 187 g/mol. The molecule has 2 heterocycles. The SMILES string of the molecule is O=c1[nH]c([C@@H]2COCCN2)ns1. The molecular weight excluding hydrogens is 178 g/mol. The van der Waals surface area contributed by atoms with Gasteiger partial charge in [0.15, 0.2) is 0 Å². The molecule has 1 aromatic rings. The van der Waals surface area contributed by atoms with E-state index in [-0.39, 0.29) is 10.9 Å². The van der Waals surface area contributed by atoms with Gasteiger partial charge in [0.05, 0.1) is 19.3 Å². The van der Waals surface area contributed by atoms with Crippen molar-refractivity contribution in [2.24, 2.45) is 0 Å². The molecule has 0 aromatic carbocycles. The van der Waals surface area contributed by atoms with Crippen LogP contribution in [0.2, 0.25) is 0 Å². The zero-order chi connectivity index (χ0) is 8.39. The average Bonchev–Trinajstić information content (AvgIpc) is 2.54. The summed E-state index contributed by atoms with van der Waals surface area (Å²) in [6.07, 6.45) is 0. The van der Waals surface area contributed by atoms with Crippen molar-refractivity contribution >= 4 is 11.5 Å². The highest BCUT2D eigenvalue weighted by molar-refractivity contribution is 7.02. The molecule has 1 aromatic heterocycles. The topological polar surface area (TPSA) is 67.0 Å². The molecule has 1 aliphatic heterocycles. The highest BCUT2D eigenvalue weighted by atomic mass is 32.1. The van der Waals surface area contributed by atoms with E-state index >= 15 is 0 Å². The summed E-state index contributed by atoms with van der Waals surface area (Å²) in [5, 5.41) is 3.20. The van der Waals surface area contributed by atoms with E-state index in [2.05, 4.69) is 14.7 Å². The summed E-state index contributed by atoms with van der Waals surface area (Å²) in [6.45, 7) is 2.12. The first-order valence-electron chi connectivity index (χ1n) is 3.73. The Kier molecular flexibility index (Phi) is 2.20. The van der Waals surface area contributed by atoms with E-state index in [4.69, 9.17) is 4.74 Å². The van der Waals surface area contributed by atoms with Gasteiger partial charge in [0.25, 0.3) is 0 Å². The van der Waals surface area contributed by atoms with Crippen LogP contribution < -0.4 is 10.2 Å². The van der Waals surface area contributed by atoms with Crippen molar-refractivity contribution in [1.29, 1.82) is 0 Å². The van der Waals surface area contributed by atoms with E-state index in [0.717, 1.165) is 24.7 Å². The van der Waals surface area contributed by atoms with Gasteiger partial charge in [0.2, 0.25) is 0 Å². The predicted molar refractivity (Wildman–Crippen MR) is 44.3 cm³/mol. The van der Waals surface area contributed by atoms with Crippen molar-refractivity contribution < 1.29 is 4.74 Å². The van der Waals surface area contributed by atoms with Crippen molar-refractivity contribution in [1.82, 2.24) is 14.7 Å². The van der Waals surface area contributed by atoms with Gasteiger partial charge in [-0.15, -0.1) is 0 Å². The van der Waals surface area contributed by atoms with Crippen molar-refractivity contribution in [3.05, 3.63) is 15.5 Å². The summed E-state index contributed by atoms with van der Waals surface area (Å²) in [7, 11) is 0. The smallest absolute Gasteiger partial charge is 0.323 e. The molecule has 0 amide bonds. The van der Waals surface area contributed by atoms with Gasteiger partial charge in [-0.3, -0.25) is 9.78 Å². The Balaban J connectivity index is 2.13. The molecule has 0 bridgehead atoms. The van der Waals surface area contributed by atoms with Crippen LogP contribution in [0.3, 0.4) is 0 Å². The summed E-state index contributed by atoms with van der Waals surface area (Å²) in [5.74, 6) is 0.685. The van der Waals surface area contributed by atoms with E-state index in [0.29, 0.717) is 12.4 Å². The first-order chi connectivity index (χ1) is 5.86. The second-order valence-corrected chi connectivity index (χ2v) is 3.30. The zero-order valence-corrected chi connectivity index (χ0v) is 7.19. The molecule has 12 heavy (non-hydrogen) atoms. The quantitative estimate of drug-likeness (QED) is 0.621. The predicted octanol–water partition coefficient (Wildman–Crippen LogP) is -0.508. The second kappa shape index (κ2) is 3.34. The largest absolute Gasteiger partial charge is 0.378 e. The highest BCUT2D eigenvalue weighted by Crippen LogP contribution is 2.09. The van der Waals surface area contributed by atoms with Crippen molar-refractivity contribution in [2.45, 2.75) is 6.04 Å². The van der Waals surface area contributed by atoms with Crippen LogP contribution in [-0.2, 0) is 4.74 Å². The lowest BCUT2D eigenvalue weighted by Crippen LogP contribution is -2.35. The Labute approximate surface area is 72.9 Å². The highest BCUT2D eigenvalue weighted by Gasteiger charge is 2.17. The Hall–Kier alpha value is -0.720. The van der Waals surface area contributed by atoms with Gasteiger partial charge in [-0.1, -0.05) is 0 Å². The third-order valence-corrected chi connectivity index (χ3v) is 2.26. The number of nitrogens with one attached hydrogen (secondary N) is 2. The van der Waals surface area contributed by atoms with Crippen LogP contribution in [-0.4, -0.2) is 29.1 Å². The fourth-order valence-electron chi connectivity index (χ4n) is 1.13. The Bertz CT molecular complexity index is 302. The minimum atomic E-state index is -0.114. The summed E-state index contributed by atoms with van der Waals surface area (Å²) in [5.41, 5.74) is 0. The molecule has 1 aliphatic rings. The Morgan fingerprint density at radius 1 is 1.67 bits per heavy atom. The number of rotatable bonds is 1. The number of hydrogen-bond donors (Lipinski definition) is 2. The number of aromatic amines is 1. The molecule has 0 spiro atoms. The number of H-pyrrole nitrogens is 1. The molecule has 2 rings (SSSR count). The van der Waals surface area contributed by atoms with Crippen LogP contribution in [0.25, 0.3) is 0 Å². The molecule has 6 heteroatoms. The number of ether oxygens (including phenoxy) is 1. The van der Waals surface area contributed by atoms with E-state index in [9.17, 15) is 4.79 Å². The molecule has 0 saturated carbocycles. The molecular formula is C6H9N3O2S. The van der Waals surface area contributed by atoms with Crippen LogP contribution >= 0.6 is 11.5 Å². The van der Waals surface area contributed by atoms with Gasteiger partial charge in [-0.25, -0.2) is 0 Å². The maximum absolute atomic E-state index is 10.8. The van der Waals surface area contributed by atoms with E-state index in [1.807, 2.05) is 0 Å². The lowest BCUT2D eigenvalue weighted by Gasteiger charge is -2.21. The normalized spacial score (nSPS) is 24.2. The molecule has 2 N–H and O–H groups in total. The lowest BCUT2D eigenvalue weighted by molar-refractivity contribution is 0.0745. The minimum absolute atomic E-state index is 0.0534. The van der Waals surface area contributed by atoms with E-state index < -0.39 is 0 Å². The summed E-state index contributed by atoms with van der Waals surface area (Å²) < 4.78 is 9.20. The minimum Gasteiger partial charge on any atom is -0.378 e. The summed E-state index contributed by atoms with van der Waals surface area (Å²) >= 11 is 0.941. The van der Waals surface area contributed by atoms with Crippen LogP contribution in [0.4, 0.5) is 0 Å². The van der Waals surface area contributed by atoms with Crippen LogP contribution in [0.1, 0.15) is 11.9 Å². The van der Waals surface area contributed by atoms with Gasteiger partial charge in [-0.2, -0.15) is 4.37 Å². The van der Waals surface area contributed by atoms with Crippen LogP contribution in [0.5, 0.6) is 0 Å². The van der Waals surface area contributed by atoms with Gasteiger partial charge in [0, 0.05) is 18.1 Å². The number of hydrogen-bond acceptors (Lipinski definition) is 5. The molecule has 1 fully saturated rings. The maximum Gasteiger partial charge on any atom is 0.323 e. The van der Waals surface area contributed by atoms with Gasteiger partial charge >= 0.3 is 4.87 Å². The van der Waals surface area contributed by atoms with Crippen molar-refractivity contribution in [3.63, 3.8) is 0 Å². The van der Waals surface area contributed by atoms with E-state index in [1.54, 1.807) is 0 Å². The summed E-state index contributed by atoms with van der Waals surface area (Å²) in [4.78, 5) is 13.3. The number of nitrogens with zero attached hydrogens (tertiary/aromatic N) is 1. The first-order valence-corrected chi connectivity index (χ1v) is 4.50. The third kappa shape index (κ3) is 1.55. The maximum atomic E-state index is 10.8. The zero-order valence-electron chi connectivity index (χ0n) is 6.37. The molecule has 1 atom stereocenters. The summed E-state index contributed by atoms with van der Waals surface area (Å²) in [6, 6.07) is 0.0534. The molecule has 1 saturated heterocycles. The molecule has 5 nitrogen and oxygen atoms in total.